The summed E-state index contributed by atoms with van der Waals surface area (Å²) in [5, 5.41) is 2.10. The molecule has 74 valence electrons. The Kier molecular flexibility index (Phi) is 4.33. The summed E-state index contributed by atoms with van der Waals surface area (Å²) in [4.78, 5) is 4.80. The maximum Gasteiger partial charge on any atom is 0.296 e. The second-order valence-electron chi connectivity index (χ2n) is 3.66. The molecule has 0 aromatic heterocycles. The molecule has 7 heteroatoms. The van der Waals surface area contributed by atoms with Crippen LogP contribution in [-0.4, -0.2) is 38.8 Å². The van der Waals surface area contributed by atoms with Crippen LogP contribution >= 0.6 is 7.59 Å². The summed E-state index contributed by atoms with van der Waals surface area (Å²) < 4.78 is 11.4. The lowest BCUT2D eigenvalue weighted by molar-refractivity contribution is -0.870. The Morgan fingerprint density at radius 1 is 1.42 bits per heavy atom. The van der Waals surface area contributed by atoms with Gasteiger partial charge in [0, 0.05) is 0 Å². The van der Waals surface area contributed by atoms with Crippen LogP contribution in [0.2, 0.25) is 0 Å². The summed E-state index contributed by atoms with van der Waals surface area (Å²) in [7, 11) is 2.84. The zero-order chi connectivity index (χ0) is 9.83. The van der Waals surface area contributed by atoms with E-state index in [1.54, 1.807) is 0 Å². The predicted molar refractivity (Wildman–Crippen MR) is 48.0 cm³/mol. The quantitative estimate of drug-likeness (QED) is 0.233. The van der Waals surface area contributed by atoms with E-state index in [-0.39, 0.29) is 0 Å². The molecule has 0 spiro atoms. The van der Waals surface area contributed by atoms with Gasteiger partial charge in [-0.3, -0.25) is 20.4 Å². The van der Waals surface area contributed by atoms with Crippen LogP contribution in [0.25, 0.3) is 0 Å². The molecule has 0 aliphatic rings. The summed E-state index contributed by atoms with van der Waals surface area (Å²) >= 11 is 0. The topological polar surface area (TPSA) is 90.4 Å². The Balaban J connectivity index is 3.41. The number of nitrogens with zero attached hydrogens (tertiary/aromatic N) is 1. The van der Waals surface area contributed by atoms with Gasteiger partial charge in [-0.25, -0.2) is 0 Å². The van der Waals surface area contributed by atoms with Gasteiger partial charge in [-0.2, -0.15) is 0 Å². The first-order valence-electron chi connectivity index (χ1n) is 3.57. The maximum atomic E-state index is 10.7. The SMILES string of the molecule is C[N+](C)(C)CCONP(N)(N)=O. The molecule has 5 N–H and O–H groups in total. The molecule has 0 aromatic carbocycles. The molecule has 0 rings (SSSR count). The first-order chi connectivity index (χ1) is 5.21. The Labute approximate surface area is 72.9 Å². The molecular formula is C5H18N4O2P+. The summed E-state index contributed by atoms with van der Waals surface area (Å²) in [5.41, 5.74) is 9.95. The van der Waals surface area contributed by atoms with Gasteiger partial charge < -0.3 is 4.48 Å². The van der Waals surface area contributed by atoms with E-state index in [4.69, 9.17) is 15.8 Å². The van der Waals surface area contributed by atoms with E-state index in [9.17, 15) is 4.57 Å². The van der Waals surface area contributed by atoms with E-state index in [1.165, 1.54) is 0 Å². The second-order valence-corrected chi connectivity index (χ2v) is 5.26. The number of likely N-dealkylation sites (N-methyl/N-ethyl adjacent to an activating group) is 1. The molecule has 0 unspecified atom stereocenters. The van der Waals surface area contributed by atoms with Gasteiger partial charge >= 0.3 is 0 Å². The Morgan fingerprint density at radius 3 is 2.25 bits per heavy atom. The highest BCUT2D eigenvalue weighted by Crippen LogP contribution is 2.16. The van der Waals surface area contributed by atoms with Crippen molar-refractivity contribution in [3.05, 3.63) is 0 Å². The average Bonchev–Trinajstić information content (AvgIpc) is 1.76. The standard InChI is InChI=1S/C5H18N4O2P/c1-9(2,3)4-5-11-8-12(6,7)10/h4-5H2,1-3H3,(H5,6,7,8,10)/q+1. The van der Waals surface area contributed by atoms with Gasteiger partial charge in [0.25, 0.3) is 7.59 Å². The van der Waals surface area contributed by atoms with Crippen molar-refractivity contribution in [3.63, 3.8) is 0 Å². The molecule has 0 saturated heterocycles. The summed E-state index contributed by atoms with van der Waals surface area (Å²) in [5.74, 6) is 0. The maximum absolute atomic E-state index is 10.7. The first-order valence-corrected chi connectivity index (χ1v) is 5.42. The molecule has 0 radical (unpaired) electrons. The van der Waals surface area contributed by atoms with Crippen molar-refractivity contribution in [2.45, 2.75) is 0 Å². The third-order valence-electron chi connectivity index (χ3n) is 1.07. The van der Waals surface area contributed by atoms with E-state index in [0.717, 1.165) is 11.0 Å². The van der Waals surface area contributed by atoms with Gasteiger partial charge in [0.2, 0.25) is 0 Å². The van der Waals surface area contributed by atoms with E-state index in [1.807, 2.05) is 21.1 Å². The molecule has 0 amide bonds. The molecule has 0 aromatic rings. The molecular weight excluding hydrogens is 179 g/mol. The summed E-state index contributed by atoms with van der Waals surface area (Å²) in [6, 6.07) is 0. The van der Waals surface area contributed by atoms with Crippen LogP contribution in [0.3, 0.4) is 0 Å². The normalized spacial score (nSPS) is 13.4. The Morgan fingerprint density at radius 2 is 1.92 bits per heavy atom. The fourth-order valence-electron chi connectivity index (χ4n) is 0.466. The van der Waals surface area contributed by atoms with Crippen molar-refractivity contribution in [2.24, 2.45) is 11.0 Å². The molecule has 0 saturated carbocycles. The predicted octanol–water partition coefficient (Wildman–Crippen LogP) is -0.761. The number of hydrogen-bond acceptors (Lipinski definition) is 2. The van der Waals surface area contributed by atoms with Crippen LogP contribution in [0.4, 0.5) is 0 Å². The average molecular weight is 197 g/mol. The van der Waals surface area contributed by atoms with Crippen molar-refractivity contribution >= 4 is 7.59 Å². The number of nitrogens with two attached hydrogens (primary N) is 2. The van der Waals surface area contributed by atoms with Crippen molar-refractivity contribution in [1.29, 1.82) is 0 Å². The monoisotopic (exact) mass is 197 g/mol. The largest absolute Gasteiger partial charge is 0.329 e. The van der Waals surface area contributed by atoms with Gasteiger partial charge in [0.1, 0.15) is 13.2 Å². The number of quaternary nitrogens is 1. The van der Waals surface area contributed by atoms with Crippen molar-refractivity contribution in [1.82, 2.24) is 5.25 Å². The summed E-state index contributed by atoms with van der Waals surface area (Å²) in [6.45, 7) is 1.20. The zero-order valence-corrected chi connectivity index (χ0v) is 8.67. The van der Waals surface area contributed by atoms with Crippen LogP contribution in [0.1, 0.15) is 0 Å². The second kappa shape index (κ2) is 4.32. The minimum atomic E-state index is -3.23. The molecule has 0 bridgehead atoms. The fourth-order valence-corrected chi connectivity index (χ4v) is 0.759. The first kappa shape index (κ1) is 12.0. The third kappa shape index (κ3) is 10.0. The molecule has 6 nitrogen and oxygen atoms in total. The van der Waals surface area contributed by atoms with Crippen molar-refractivity contribution < 1.29 is 13.9 Å². The minimum absolute atomic E-state index is 0.419. The molecule has 0 aliphatic carbocycles. The van der Waals surface area contributed by atoms with Crippen LogP contribution in [-0.2, 0) is 9.40 Å². The van der Waals surface area contributed by atoms with E-state index >= 15 is 0 Å². The molecule has 0 heterocycles. The van der Waals surface area contributed by atoms with Crippen molar-refractivity contribution in [3.8, 4) is 0 Å². The van der Waals surface area contributed by atoms with E-state index < -0.39 is 7.59 Å². The van der Waals surface area contributed by atoms with Crippen LogP contribution in [0, 0.1) is 0 Å². The van der Waals surface area contributed by atoms with E-state index in [0.29, 0.717) is 6.61 Å². The molecule has 0 atom stereocenters. The van der Waals surface area contributed by atoms with Crippen LogP contribution < -0.4 is 16.3 Å². The molecule has 0 aliphatic heterocycles. The van der Waals surface area contributed by atoms with Gasteiger partial charge in [-0.1, -0.05) is 0 Å². The number of nitrogens with one attached hydrogen (secondary N) is 1. The molecule has 12 heavy (non-hydrogen) atoms. The smallest absolute Gasteiger partial charge is 0.296 e. The Hall–Kier alpha value is 0.0300. The van der Waals surface area contributed by atoms with Gasteiger partial charge in [0.15, 0.2) is 0 Å². The third-order valence-corrected chi connectivity index (χ3v) is 1.49. The zero-order valence-electron chi connectivity index (χ0n) is 7.78. The molecule has 0 fully saturated rings. The number of hydrogen-bond donors (Lipinski definition) is 3. The van der Waals surface area contributed by atoms with Gasteiger partial charge in [0.05, 0.1) is 21.1 Å². The highest BCUT2D eigenvalue weighted by atomic mass is 31.2. The van der Waals surface area contributed by atoms with Crippen LogP contribution in [0.5, 0.6) is 0 Å². The van der Waals surface area contributed by atoms with Gasteiger partial charge in [-0.15, -0.1) is 5.25 Å². The highest BCUT2D eigenvalue weighted by Gasteiger charge is 2.09. The fraction of sp³-hybridized carbons (Fsp3) is 1.00. The Bertz CT molecular complexity index is 173. The van der Waals surface area contributed by atoms with Gasteiger partial charge in [-0.05, 0) is 0 Å². The van der Waals surface area contributed by atoms with Crippen molar-refractivity contribution in [2.75, 3.05) is 34.3 Å². The number of rotatable bonds is 5. The lowest BCUT2D eigenvalue weighted by atomic mass is 10.5. The lowest BCUT2D eigenvalue weighted by Gasteiger charge is -2.23. The highest BCUT2D eigenvalue weighted by molar-refractivity contribution is 7.56. The minimum Gasteiger partial charge on any atom is -0.329 e. The summed E-state index contributed by atoms with van der Waals surface area (Å²) in [6.07, 6.45) is 0. The van der Waals surface area contributed by atoms with E-state index in [2.05, 4.69) is 5.25 Å². The lowest BCUT2D eigenvalue weighted by Crippen LogP contribution is -2.38. The van der Waals surface area contributed by atoms with Crippen LogP contribution in [0.15, 0.2) is 0 Å².